The van der Waals surface area contributed by atoms with Gasteiger partial charge in [0.05, 0.1) is 6.04 Å². The molecule has 1 aliphatic rings. The Kier molecular flexibility index (Phi) is 7.04. The molecule has 0 radical (unpaired) electrons. The molecular formula is C22H31N5O2. The third kappa shape index (κ3) is 5.23. The van der Waals surface area contributed by atoms with Crippen LogP contribution in [0.2, 0.25) is 0 Å². The summed E-state index contributed by atoms with van der Waals surface area (Å²) < 4.78 is 1.63. The molecule has 7 heteroatoms. The van der Waals surface area contributed by atoms with Crippen molar-refractivity contribution in [3.8, 4) is 0 Å². The largest absolute Gasteiger partial charge is 0.354 e. The molecule has 1 aromatic carbocycles. The molecule has 1 fully saturated rings. The van der Waals surface area contributed by atoms with Crippen molar-refractivity contribution < 1.29 is 9.59 Å². The third-order valence-corrected chi connectivity index (χ3v) is 5.81. The summed E-state index contributed by atoms with van der Waals surface area (Å²) in [6.45, 7) is 2.58. The highest BCUT2D eigenvalue weighted by atomic mass is 16.2. The smallest absolute Gasteiger partial charge is 0.271 e. The first-order valence-electron chi connectivity index (χ1n) is 10.4. The summed E-state index contributed by atoms with van der Waals surface area (Å²) >= 11 is 0. The Balaban J connectivity index is 1.71. The quantitative estimate of drug-likeness (QED) is 0.668. The minimum absolute atomic E-state index is 0.171. The molecule has 4 N–H and O–H groups in total. The van der Waals surface area contributed by atoms with Crippen LogP contribution < -0.4 is 16.4 Å². The van der Waals surface area contributed by atoms with Crippen LogP contribution >= 0.6 is 0 Å². The molecule has 0 unspecified atom stereocenters. The minimum Gasteiger partial charge on any atom is -0.354 e. The second-order valence-electron chi connectivity index (χ2n) is 7.85. The fourth-order valence-corrected chi connectivity index (χ4v) is 3.93. The number of rotatable bonds is 7. The number of benzene rings is 1. The van der Waals surface area contributed by atoms with E-state index >= 15 is 0 Å². The molecule has 1 heterocycles. The average Bonchev–Trinajstić information content (AvgIpc) is 3.20. The molecule has 0 bridgehead atoms. The minimum atomic E-state index is -0.309. The zero-order chi connectivity index (χ0) is 20.8. The summed E-state index contributed by atoms with van der Waals surface area (Å²) in [5.41, 5.74) is 7.62. The highest BCUT2D eigenvalue weighted by molar-refractivity contribution is 5.97. The highest BCUT2D eigenvalue weighted by Gasteiger charge is 2.23. The maximum absolute atomic E-state index is 12.9. The first kappa shape index (κ1) is 21.0. The molecule has 1 atom stereocenters. The van der Waals surface area contributed by atoms with Gasteiger partial charge in [0.2, 0.25) is 0 Å². The predicted octanol–water partition coefficient (Wildman–Crippen LogP) is 2.49. The lowest BCUT2D eigenvalue weighted by Crippen LogP contribution is -2.31. The van der Waals surface area contributed by atoms with Crippen molar-refractivity contribution in [3.05, 3.63) is 53.3 Å². The van der Waals surface area contributed by atoms with Gasteiger partial charge in [0.1, 0.15) is 5.69 Å². The number of aromatic nitrogens is 2. The van der Waals surface area contributed by atoms with Crippen molar-refractivity contribution in [1.29, 1.82) is 0 Å². The SMILES string of the molecule is CNC(=O)c1cc(C(=O)NCC[C@H]2CC[C@H](N)CC2)n([C@@H](C)c2ccccc2)n1. The number of nitrogens with two attached hydrogens (primary N) is 1. The standard InChI is InChI=1S/C22H31N5O2/c1-15(17-6-4-3-5-7-17)27-20(14-19(26-27)21(28)24-2)22(29)25-13-12-16-8-10-18(23)11-9-16/h3-7,14-16,18H,8-13,23H2,1-2H3,(H,24,28)(H,25,29)/t15-,16-,18-/m0/s1. The molecule has 1 aliphatic carbocycles. The fourth-order valence-electron chi connectivity index (χ4n) is 3.93. The number of hydrogen-bond donors (Lipinski definition) is 3. The summed E-state index contributed by atoms with van der Waals surface area (Å²) in [6, 6.07) is 11.5. The summed E-state index contributed by atoms with van der Waals surface area (Å²) in [7, 11) is 1.55. The summed E-state index contributed by atoms with van der Waals surface area (Å²) in [5.74, 6) is 0.101. The van der Waals surface area contributed by atoms with E-state index in [1.165, 1.54) is 0 Å². The lowest BCUT2D eigenvalue weighted by atomic mass is 9.84. The topological polar surface area (TPSA) is 102 Å². The van der Waals surface area contributed by atoms with Crippen molar-refractivity contribution in [2.45, 2.75) is 51.1 Å². The van der Waals surface area contributed by atoms with Gasteiger partial charge in [-0.15, -0.1) is 0 Å². The van der Waals surface area contributed by atoms with Gasteiger partial charge in [-0.2, -0.15) is 5.10 Å². The van der Waals surface area contributed by atoms with Gasteiger partial charge in [0.15, 0.2) is 5.69 Å². The highest BCUT2D eigenvalue weighted by Crippen LogP contribution is 2.25. The van der Waals surface area contributed by atoms with E-state index in [1.54, 1.807) is 17.8 Å². The molecule has 0 saturated heterocycles. The van der Waals surface area contributed by atoms with E-state index in [0.29, 0.717) is 24.2 Å². The normalized spacial score (nSPS) is 20.1. The lowest BCUT2D eigenvalue weighted by Gasteiger charge is -2.26. The zero-order valence-electron chi connectivity index (χ0n) is 17.2. The van der Waals surface area contributed by atoms with Crippen LogP contribution in [-0.2, 0) is 0 Å². The van der Waals surface area contributed by atoms with E-state index in [0.717, 1.165) is 37.7 Å². The van der Waals surface area contributed by atoms with Gasteiger partial charge < -0.3 is 16.4 Å². The number of amides is 2. The van der Waals surface area contributed by atoms with Crippen LogP contribution in [0.25, 0.3) is 0 Å². The molecular weight excluding hydrogens is 366 g/mol. The summed E-state index contributed by atoms with van der Waals surface area (Å²) in [4.78, 5) is 25.0. The van der Waals surface area contributed by atoms with Gasteiger partial charge in [-0.1, -0.05) is 30.3 Å². The number of nitrogens with one attached hydrogen (secondary N) is 2. The summed E-state index contributed by atoms with van der Waals surface area (Å²) in [6.07, 6.45) is 5.33. The summed E-state index contributed by atoms with van der Waals surface area (Å²) in [5, 5.41) is 10.00. The van der Waals surface area contributed by atoms with Crippen LogP contribution in [0, 0.1) is 5.92 Å². The van der Waals surface area contributed by atoms with Crippen LogP contribution in [0.5, 0.6) is 0 Å². The Morgan fingerprint density at radius 2 is 1.86 bits per heavy atom. The Morgan fingerprint density at radius 3 is 2.52 bits per heavy atom. The Morgan fingerprint density at radius 1 is 1.17 bits per heavy atom. The van der Waals surface area contributed by atoms with Gasteiger partial charge in [-0.3, -0.25) is 14.3 Å². The molecule has 7 nitrogen and oxygen atoms in total. The number of hydrogen-bond acceptors (Lipinski definition) is 4. The average molecular weight is 398 g/mol. The van der Waals surface area contributed by atoms with Crippen molar-refractivity contribution in [2.75, 3.05) is 13.6 Å². The molecule has 2 amide bonds. The van der Waals surface area contributed by atoms with Crippen LogP contribution in [0.4, 0.5) is 0 Å². The maximum atomic E-state index is 12.9. The van der Waals surface area contributed by atoms with Crippen LogP contribution in [0.15, 0.2) is 36.4 Å². The number of carbonyl (C=O) groups excluding carboxylic acids is 2. The van der Waals surface area contributed by atoms with Gasteiger partial charge in [0, 0.05) is 25.7 Å². The van der Waals surface area contributed by atoms with Gasteiger partial charge in [-0.05, 0) is 50.5 Å². The molecule has 156 valence electrons. The van der Waals surface area contributed by atoms with Gasteiger partial charge >= 0.3 is 0 Å². The number of nitrogens with zero attached hydrogens (tertiary/aromatic N) is 2. The molecule has 2 aromatic rings. The lowest BCUT2D eigenvalue weighted by molar-refractivity contribution is 0.0935. The second-order valence-corrected chi connectivity index (χ2v) is 7.85. The molecule has 29 heavy (non-hydrogen) atoms. The second kappa shape index (κ2) is 9.69. The fraction of sp³-hybridized carbons (Fsp3) is 0.500. The third-order valence-electron chi connectivity index (χ3n) is 5.81. The molecule has 1 saturated carbocycles. The van der Waals surface area contributed by atoms with Crippen molar-refractivity contribution in [3.63, 3.8) is 0 Å². The van der Waals surface area contributed by atoms with Crippen molar-refractivity contribution >= 4 is 11.8 Å². The molecule has 3 rings (SSSR count). The Hall–Kier alpha value is -2.67. The van der Waals surface area contributed by atoms with Gasteiger partial charge in [-0.25, -0.2) is 0 Å². The van der Waals surface area contributed by atoms with E-state index < -0.39 is 0 Å². The van der Waals surface area contributed by atoms with Crippen molar-refractivity contribution in [2.24, 2.45) is 11.7 Å². The Bertz CT molecular complexity index is 825. The Labute approximate surface area is 172 Å². The maximum Gasteiger partial charge on any atom is 0.271 e. The molecule has 0 spiro atoms. The van der Waals surface area contributed by atoms with Crippen molar-refractivity contribution in [1.82, 2.24) is 20.4 Å². The predicted molar refractivity (Wildman–Crippen MR) is 113 cm³/mol. The first-order chi connectivity index (χ1) is 14.0. The molecule has 1 aromatic heterocycles. The zero-order valence-corrected chi connectivity index (χ0v) is 17.2. The monoisotopic (exact) mass is 397 g/mol. The number of carbonyl (C=O) groups is 2. The van der Waals surface area contributed by atoms with E-state index in [2.05, 4.69) is 15.7 Å². The first-order valence-corrected chi connectivity index (χ1v) is 10.4. The van der Waals surface area contributed by atoms with E-state index in [9.17, 15) is 9.59 Å². The van der Waals surface area contributed by atoms with E-state index in [-0.39, 0.29) is 23.6 Å². The van der Waals surface area contributed by atoms with Crippen LogP contribution in [-0.4, -0.2) is 41.2 Å². The van der Waals surface area contributed by atoms with E-state index in [4.69, 9.17) is 5.73 Å². The van der Waals surface area contributed by atoms with Crippen LogP contribution in [0.3, 0.4) is 0 Å². The van der Waals surface area contributed by atoms with E-state index in [1.807, 2.05) is 37.3 Å². The molecule has 0 aliphatic heterocycles. The van der Waals surface area contributed by atoms with Gasteiger partial charge in [0.25, 0.3) is 11.8 Å². The van der Waals surface area contributed by atoms with Crippen LogP contribution in [0.1, 0.15) is 71.6 Å².